The van der Waals surface area contributed by atoms with Crippen LogP contribution in [0.5, 0.6) is 5.75 Å². The molecule has 5 rings (SSSR count). The quantitative estimate of drug-likeness (QED) is 0.548. The van der Waals surface area contributed by atoms with Gasteiger partial charge < -0.3 is 14.5 Å². The van der Waals surface area contributed by atoms with E-state index in [1.54, 1.807) is 4.90 Å². The normalized spacial score (nSPS) is 19.2. The van der Waals surface area contributed by atoms with Crippen LogP contribution in [-0.2, 0) is 24.3 Å². The molecular formula is C25H28F2N6O2. The minimum Gasteiger partial charge on any atom is -0.487 e. The van der Waals surface area contributed by atoms with Crippen LogP contribution in [0.25, 0.3) is 11.3 Å². The molecule has 1 saturated heterocycles. The second kappa shape index (κ2) is 9.59. The number of amides is 1. The molecule has 2 aliphatic heterocycles. The molecule has 1 amide bonds. The number of rotatable bonds is 5. The van der Waals surface area contributed by atoms with Gasteiger partial charge in [-0.3, -0.25) is 9.48 Å². The predicted octanol–water partition coefficient (Wildman–Crippen LogP) is 3.59. The molecule has 8 nitrogen and oxygen atoms in total. The SMILES string of the molecule is [2H]C([2H])([2H])C([2H])([2H])n1cc(-c2nc3c(nc2N2CCC(Oc4ccc(F)cc4F)CC2)CCN(C(C)=O)C3)cn1. The Morgan fingerprint density at radius 1 is 1.23 bits per heavy atom. The van der Waals surface area contributed by atoms with E-state index in [-0.39, 0.29) is 24.3 Å². The molecule has 3 aromatic rings. The van der Waals surface area contributed by atoms with Crippen LogP contribution in [-0.4, -0.2) is 56.3 Å². The highest BCUT2D eigenvalue weighted by atomic mass is 19.1. The Bertz CT molecular complexity index is 1430. The van der Waals surface area contributed by atoms with Crippen molar-refractivity contribution in [1.82, 2.24) is 24.6 Å². The van der Waals surface area contributed by atoms with Gasteiger partial charge in [0.1, 0.15) is 17.6 Å². The van der Waals surface area contributed by atoms with Gasteiger partial charge in [-0.05, 0) is 19.0 Å². The predicted molar refractivity (Wildman–Crippen MR) is 126 cm³/mol. The van der Waals surface area contributed by atoms with Gasteiger partial charge in [0.05, 0.1) is 26.9 Å². The molecular weight excluding hydrogens is 454 g/mol. The van der Waals surface area contributed by atoms with Crippen LogP contribution in [0.15, 0.2) is 30.6 Å². The molecule has 0 unspecified atom stereocenters. The summed E-state index contributed by atoms with van der Waals surface area (Å²) in [7, 11) is 0. The lowest BCUT2D eigenvalue weighted by molar-refractivity contribution is -0.129. The maximum atomic E-state index is 14.1. The third kappa shape index (κ3) is 4.82. The molecule has 10 heteroatoms. The smallest absolute Gasteiger partial charge is 0.219 e. The molecule has 0 spiro atoms. The first-order valence-electron chi connectivity index (χ1n) is 13.9. The van der Waals surface area contributed by atoms with Crippen LogP contribution in [0, 0.1) is 11.6 Å². The third-order valence-corrected chi connectivity index (χ3v) is 6.34. The summed E-state index contributed by atoms with van der Waals surface area (Å²) in [6.45, 7) is -2.47. The Hall–Kier alpha value is -3.56. The lowest BCUT2D eigenvalue weighted by Crippen LogP contribution is -2.40. The topological polar surface area (TPSA) is 76.4 Å². The molecule has 1 aromatic carbocycles. The summed E-state index contributed by atoms with van der Waals surface area (Å²) in [6.07, 6.45) is 3.90. The highest BCUT2D eigenvalue weighted by Gasteiger charge is 2.29. The Kier molecular flexibility index (Phi) is 4.88. The van der Waals surface area contributed by atoms with Crippen molar-refractivity contribution < 1.29 is 25.2 Å². The Morgan fingerprint density at radius 3 is 2.80 bits per heavy atom. The van der Waals surface area contributed by atoms with Crippen LogP contribution < -0.4 is 9.64 Å². The minimum atomic E-state index is -2.95. The molecule has 0 N–H and O–H groups in total. The fourth-order valence-electron chi connectivity index (χ4n) is 4.45. The van der Waals surface area contributed by atoms with E-state index >= 15 is 0 Å². The number of anilines is 1. The van der Waals surface area contributed by atoms with Gasteiger partial charge >= 0.3 is 0 Å². The number of hydrogen-bond acceptors (Lipinski definition) is 6. The third-order valence-electron chi connectivity index (χ3n) is 6.34. The number of hydrogen-bond donors (Lipinski definition) is 0. The molecule has 184 valence electrons. The highest BCUT2D eigenvalue weighted by molar-refractivity contribution is 5.74. The van der Waals surface area contributed by atoms with E-state index in [2.05, 4.69) is 5.10 Å². The lowest BCUT2D eigenvalue weighted by atomic mass is 10.1. The molecule has 2 aliphatic rings. The van der Waals surface area contributed by atoms with Gasteiger partial charge in [0, 0.05) is 74.3 Å². The van der Waals surface area contributed by atoms with E-state index in [4.69, 9.17) is 21.6 Å². The first kappa shape index (κ1) is 17.8. The molecule has 2 aromatic heterocycles. The largest absolute Gasteiger partial charge is 0.487 e. The van der Waals surface area contributed by atoms with E-state index < -0.39 is 25.0 Å². The Balaban J connectivity index is 1.44. The van der Waals surface area contributed by atoms with Crippen molar-refractivity contribution in [3.05, 3.63) is 53.6 Å². The zero-order valence-electron chi connectivity index (χ0n) is 24.2. The summed E-state index contributed by atoms with van der Waals surface area (Å²) < 4.78 is 72.7. The fraction of sp³-hybridized carbons (Fsp3) is 0.440. The van der Waals surface area contributed by atoms with Crippen molar-refractivity contribution in [2.45, 2.75) is 52.2 Å². The zero-order valence-corrected chi connectivity index (χ0v) is 19.2. The van der Waals surface area contributed by atoms with E-state index in [1.807, 2.05) is 4.90 Å². The van der Waals surface area contributed by atoms with Gasteiger partial charge in [-0.25, -0.2) is 18.7 Å². The van der Waals surface area contributed by atoms with Crippen molar-refractivity contribution in [2.24, 2.45) is 0 Å². The van der Waals surface area contributed by atoms with Crippen LogP contribution >= 0.6 is 0 Å². The molecule has 1 fully saturated rings. The van der Waals surface area contributed by atoms with Gasteiger partial charge in [-0.1, -0.05) is 0 Å². The van der Waals surface area contributed by atoms with Crippen LogP contribution in [0.3, 0.4) is 0 Å². The number of carbonyl (C=O) groups is 1. The van der Waals surface area contributed by atoms with Gasteiger partial charge in [0.15, 0.2) is 17.4 Å². The fourth-order valence-corrected chi connectivity index (χ4v) is 4.45. The number of ether oxygens (including phenoxy) is 1. The Labute approximate surface area is 209 Å². The molecule has 35 heavy (non-hydrogen) atoms. The summed E-state index contributed by atoms with van der Waals surface area (Å²) in [5, 5.41) is 3.99. The number of nitrogens with zero attached hydrogens (tertiary/aromatic N) is 6. The molecule has 0 saturated carbocycles. The van der Waals surface area contributed by atoms with Crippen molar-refractivity contribution in [1.29, 1.82) is 0 Å². The van der Waals surface area contributed by atoms with Gasteiger partial charge in [-0.15, -0.1) is 0 Å². The number of aryl methyl sites for hydroxylation is 1. The van der Waals surface area contributed by atoms with E-state index in [0.29, 0.717) is 61.7 Å². The standard InChI is InChI=1S/C25H28F2N6O2/c1-3-33-14-17(13-28-33)24-25(30-21-8-11-32(16(2)34)15-22(21)29-24)31-9-6-19(7-10-31)35-23-5-4-18(26)12-20(23)27/h4-5,12-14,19H,3,6-11,15H2,1-2H3/i1D3,3D2. The number of aromatic nitrogens is 4. The first-order valence-corrected chi connectivity index (χ1v) is 11.4. The van der Waals surface area contributed by atoms with Gasteiger partial charge in [0.25, 0.3) is 0 Å². The van der Waals surface area contributed by atoms with Gasteiger partial charge in [0.2, 0.25) is 5.91 Å². The van der Waals surface area contributed by atoms with Crippen LogP contribution in [0.4, 0.5) is 14.6 Å². The number of halogens is 2. The minimum absolute atomic E-state index is 0.0138. The monoisotopic (exact) mass is 487 g/mol. The maximum absolute atomic E-state index is 14.1. The number of fused-ring (bicyclic) bond motifs is 1. The zero-order chi connectivity index (χ0) is 28.8. The lowest BCUT2D eigenvalue weighted by Gasteiger charge is -2.35. The molecule has 0 bridgehead atoms. The van der Waals surface area contributed by atoms with Crippen molar-refractivity contribution in [2.75, 3.05) is 24.5 Å². The number of carbonyl (C=O) groups excluding carboxylic acids is 1. The van der Waals surface area contributed by atoms with Crippen molar-refractivity contribution in [3.8, 4) is 17.0 Å². The van der Waals surface area contributed by atoms with Crippen LogP contribution in [0.2, 0.25) is 0 Å². The maximum Gasteiger partial charge on any atom is 0.219 e. The molecule has 0 atom stereocenters. The second-order valence-corrected chi connectivity index (χ2v) is 8.64. The van der Waals surface area contributed by atoms with Crippen LogP contribution in [0.1, 0.15) is 44.9 Å². The average molecular weight is 488 g/mol. The average Bonchev–Trinajstić information content (AvgIpc) is 3.40. The molecule has 0 radical (unpaired) electrons. The number of benzene rings is 1. The number of piperidine rings is 1. The molecule has 4 heterocycles. The molecule has 0 aliphatic carbocycles. The van der Waals surface area contributed by atoms with E-state index in [0.717, 1.165) is 22.5 Å². The highest BCUT2D eigenvalue weighted by Crippen LogP contribution is 2.33. The summed E-state index contributed by atoms with van der Waals surface area (Å²) in [4.78, 5) is 25.4. The first-order chi connectivity index (χ1) is 18.8. The van der Waals surface area contributed by atoms with E-state index in [1.165, 1.54) is 25.4 Å². The Morgan fingerprint density at radius 2 is 2.06 bits per heavy atom. The van der Waals surface area contributed by atoms with Crippen molar-refractivity contribution >= 4 is 11.7 Å². The van der Waals surface area contributed by atoms with E-state index in [9.17, 15) is 13.6 Å². The summed E-state index contributed by atoms with van der Waals surface area (Å²) in [5.41, 5.74) is 2.12. The summed E-state index contributed by atoms with van der Waals surface area (Å²) in [6, 6.07) is 3.19. The van der Waals surface area contributed by atoms with Gasteiger partial charge in [-0.2, -0.15) is 5.10 Å². The summed E-state index contributed by atoms with van der Waals surface area (Å²) >= 11 is 0. The van der Waals surface area contributed by atoms with Crippen molar-refractivity contribution in [3.63, 3.8) is 0 Å². The summed E-state index contributed by atoms with van der Waals surface area (Å²) in [5.74, 6) is -1.02. The second-order valence-electron chi connectivity index (χ2n) is 8.64.